The number of unbranched alkanes of at least 4 members (excludes halogenated alkanes) is 1. The van der Waals surface area contributed by atoms with Crippen LogP contribution in [0.3, 0.4) is 0 Å². The number of pyridine rings is 1. The van der Waals surface area contributed by atoms with Crippen LogP contribution >= 0.6 is 0 Å². The lowest BCUT2D eigenvalue weighted by molar-refractivity contribution is 0.0679. The molecule has 1 aromatic rings. The van der Waals surface area contributed by atoms with E-state index in [4.69, 9.17) is 0 Å². The summed E-state index contributed by atoms with van der Waals surface area (Å²) in [6, 6.07) is 6.13. The average Bonchev–Trinajstić information content (AvgIpc) is 2.46. The summed E-state index contributed by atoms with van der Waals surface area (Å²) in [5, 5.41) is 3.24. The van der Waals surface area contributed by atoms with Gasteiger partial charge in [-0.2, -0.15) is 0 Å². The predicted octanol–water partition coefficient (Wildman–Crippen LogP) is 3.94. The minimum atomic E-state index is 0.0326. The molecule has 0 aliphatic carbocycles. The Morgan fingerprint density at radius 2 is 2.00 bits per heavy atom. The summed E-state index contributed by atoms with van der Waals surface area (Å²) in [6.45, 7) is 11.3. The van der Waals surface area contributed by atoms with Crippen LogP contribution < -0.4 is 5.32 Å². The smallest absolute Gasteiger partial charge is 0.272 e. The second-order valence-electron chi connectivity index (χ2n) is 5.82. The highest BCUT2D eigenvalue weighted by atomic mass is 16.2. The summed E-state index contributed by atoms with van der Waals surface area (Å²) in [6.07, 6.45) is 3.07. The molecule has 4 heteroatoms. The van der Waals surface area contributed by atoms with Gasteiger partial charge in [-0.25, -0.2) is 4.98 Å². The van der Waals surface area contributed by atoms with Crippen molar-refractivity contribution in [2.75, 3.05) is 11.9 Å². The number of amides is 1. The highest BCUT2D eigenvalue weighted by Gasteiger charge is 2.21. The normalized spacial score (nSPS) is 12.3. The van der Waals surface area contributed by atoms with Crippen LogP contribution in [0.1, 0.15) is 64.4 Å². The van der Waals surface area contributed by atoms with Gasteiger partial charge in [-0.3, -0.25) is 4.79 Å². The van der Waals surface area contributed by atoms with Gasteiger partial charge in [0.2, 0.25) is 0 Å². The van der Waals surface area contributed by atoms with Crippen LogP contribution in [0.2, 0.25) is 0 Å². The van der Waals surface area contributed by atoms with Crippen molar-refractivity contribution in [1.82, 2.24) is 9.88 Å². The van der Waals surface area contributed by atoms with Crippen molar-refractivity contribution in [2.24, 2.45) is 0 Å². The topological polar surface area (TPSA) is 45.2 Å². The van der Waals surface area contributed by atoms with Crippen LogP contribution in [0, 0.1) is 0 Å². The van der Waals surface area contributed by atoms with E-state index in [9.17, 15) is 4.79 Å². The van der Waals surface area contributed by atoms with E-state index >= 15 is 0 Å². The van der Waals surface area contributed by atoms with Gasteiger partial charge >= 0.3 is 0 Å². The van der Waals surface area contributed by atoms with Crippen molar-refractivity contribution in [2.45, 2.75) is 66.0 Å². The zero-order chi connectivity index (χ0) is 15.8. The lowest BCUT2D eigenvalue weighted by Gasteiger charge is -2.28. The molecule has 0 radical (unpaired) electrons. The summed E-state index contributed by atoms with van der Waals surface area (Å²) < 4.78 is 0. The van der Waals surface area contributed by atoms with Crippen LogP contribution in [0.5, 0.6) is 0 Å². The fourth-order valence-corrected chi connectivity index (χ4v) is 2.15. The highest BCUT2D eigenvalue weighted by Crippen LogP contribution is 2.13. The van der Waals surface area contributed by atoms with Crippen LogP contribution in [-0.2, 0) is 0 Å². The number of hydrogen-bond acceptors (Lipinski definition) is 3. The Morgan fingerprint density at radius 3 is 2.57 bits per heavy atom. The molecule has 1 unspecified atom stereocenters. The van der Waals surface area contributed by atoms with Gasteiger partial charge in [0, 0.05) is 18.6 Å². The second kappa shape index (κ2) is 8.65. The largest absolute Gasteiger partial charge is 0.368 e. The first-order valence-electron chi connectivity index (χ1n) is 8.04. The molecule has 1 atom stereocenters. The number of rotatable bonds is 8. The Labute approximate surface area is 129 Å². The number of nitrogens with one attached hydrogen (secondary N) is 1. The number of aromatic nitrogens is 1. The van der Waals surface area contributed by atoms with Gasteiger partial charge in [0.05, 0.1) is 0 Å². The maximum atomic E-state index is 12.7. The third-order valence-electron chi connectivity index (χ3n) is 3.54. The fraction of sp³-hybridized carbons (Fsp3) is 0.647. The number of anilines is 1. The maximum absolute atomic E-state index is 12.7. The minimum absolute atomic E-state index is 0.0326. The fourth-order valence-electron chi connectivity index (χ4n) is 2.15. The molecule has 0 saturated carbocycles. The molecule has 0 aliphatic rings. The summed E-state index contributed by atoms with van der Waals surface area (Å²) in [4.78, 5) is 19.1. The van der Waals surface area contributed by atoms with Crippen molar-refractivity contribution >= 4 is 11.7 Å². The van der Waals surface area contributed by atoms with E-state index in [1.165, 1.54) is 0 Å². The molecule has 118 valence electrons. The zero-order valence-electron chi connectivity index (χ0n) is 14.0. The van der Waals surface area contributed by atoms with Gasteiger partial charge in [-0.15, -0.1) is 0 Å². The minimum Gasteiger partial charge on any atom is -0.368 e. The van der Waals surface area contributed by atoms with E-state index in [0.717, 1.165) is 31.6 Å². The Morgan fingerprint density at radius 1 is 1.29 bits per heavy atom. The number of nitrogens with zero attached hydrogens (tertiary/aromatic N) is 2. The summed E-state index contributed by atoms with van der Waals surface area (Å²) in [5.41, 5.74) is 0.525. The molecule has 0 saturated heterocycles. The highest BCUT2D eigenvalue weighted by molar-refractivity contribution is 5.92. The average molecular weight is 291 g/mol. The summed E-state index contributed by atoms with van der Waals surface area (Å²) in [5.74, 6) is 0.792. The Balaban J connectivity index is 2.91. The van der Waals surface area contributed by atoms with Crippen LogP contribution in [0.4, 0.5) is 5.82 Å². The van der Waals surface area contributed by atoms with Crippen LogP contribution in [0.25, 0.3) is 0 Å². The molecule has 1 rings (SSSR count). The first-order valence-corrected chi connectivity index (χ1v) is 8.04. The Kier molecular flexibility index (Phi) is 7.20. The van der Waals surface area contributed by atoms with E-state index in [1.54, 1.807) is 6.07 Å². The molecule has 0 bridgehead atoms. The Hall–Kier alpha value is -1.58. The zero-order valence-corrected chi connectivity index (χ0v) is 14.0. The lowest BCUT2D eigenvalue weighted by Crippen LogP contribution is -2.39. The molecule has 0 aliphatic heterocycles. The van der Waals surface area contributed by atoms with Crippen LogP contribution in [-0.4, -0.2) is 34.4 Å². The van der Waals surface area contributed by atoms with E-state index in [1.807, 2.05) is 17.0 Å². The van der Waals surface area contributed by atoms with Gasteiger partial charge in [0.25, 0.3) is 5.91 Å². The van der Waals surface area contributed by atoms with Gasteiger partial charge in [-0.1, -0.05) is 26.3 Å². The molecule has 1 heterocycles. The summed E-state index contributed by atoms with van der Waals surface area (Å²) in [7, 11) is 0. The number of carbonyl (C=O) groups is 1. The van der Waals surface area contributed by atoms with Crippen LogP contribution in [0.15, 0.2) is 18.2 Å². The number of hydrogen-bond donors (Lipinski definition) is 1. The van der Waals surface area contributed by atoms with E-state index in [0.29, 0.717) is 11.7 Å². The SMILES string of the molecule is CCCCN(C(=O)c1cccc(NC(C)C)n1)C(C)CC. The maximum Gasteiger partial charge on any atom is 0.272 e. The van der Waals surface area contributed by atoms with Gasteiger partial charge in [0.15, 0.2) is 0 Å². The molecule has 0 spiro atoms. The standard InChI is InChI=1S/C17H29N3O/c1-6-8-12-20(14(5)7-2)17(21)15-10-9-11-16(19-15)18-13(3)4/h9-11,13-14H,6-8,12H2,1-5H3,(H,18,19). The molecule has 4 nitrogen and oxygen atoms in total. The van der Waals surface area contributed by atoms with Crippen molar-refractivity contribution in [3.05, 3.63) is 23.9 Å². The van der Waals surface area contributed by atoms with Gasteiger partial charge in [-0.05, 0) is 45.7 Å². The molecule has 1 N–H and O–H groups in total. The molecule has 21 heavy (non-hydrogen) atoms. The predicted molar refractivity (Wildman–Crippen MR) is 88.7 cm³/mol. The lowest BCUT2D eigenvalue weighted by atomic mass is 10.1. The van der Waals surface area contributed by atoms with Gasteiger partial charge in [0.1, 0.15) is 11.5 Å². The molecular formula is C17H29N3O. The van der Waals surface area contributed by atoms with E-state index in [-0.39, 0.29) is 11.9 Å². The molecule has 0 aromatic carbocycles. The second-order valence-corrected chi connectivity index (χ2v) is 5.82. The van der Waals surface area contributed by atoms with Gasteiger partial charge < -0.3 is 10.2 Å². The summed E-state index contributed by atoms with van der Waals surface area (Å²) >= 11 is 0. The van der Waals surface area contributed by atoms with E-state index < -0.39 is 0 Å². The third kappa shape index (κ3) is 5.37. The molecular weight excluding hydrogens is 262 g/mol. The third-order valence-corrected chi connectivity index (χ3v) is 3.54. The Bertz CT molecular complexity index is 445. The van der Waals surface area contributed by atoms with Crippen molar-refractivity contribution in [1.29, 1.82) is 0 Å². The van der Waals surface area contributed by atoms with Crippen molar-refractivity contribution < 1.29 is 4.79 Å². The monoisotopic (exact) mass is 291 g/mol. The first-order chi connectivity index (χ1) is 9.99. The quantitative estimate of drug-likeness (QED) is 0.789. The van der Waals surface area contributed by atoms with E-state index in [2.05, 4.69) is 44.9 Å². The molecule has 1 amide bonds. The van der Waals surface area contributed by atoms with Crippen molar-refractivity contribution in [3.8, 4) is 0 Å². The van der Waals surface area contributed by atoms with Crippen molar-refractivity contribution in [3.63, 3.8) is 0 Å². The molecule has 1 aromatic heterocycles. The molecule has 0 fully saturated rings. The first kappa shape index (κ1) is 17.5. The number of carbonyl (C=O) groups excluding carboxylic acids is 1.